The van der Waals surface area contributed by atoms with Crippen LogP contribution in [0.3, 0.4) is 0 Å². The molecule has 4 atom stereocenters. The van der Waals surface area contributed by atoms with Crippen LogP contribution in [0.1, 0.15) is 93.4 Å². The highest BCUT2D eigenvalue weighted by atomic mass is 15.1. The van der Waals surface area contributed by atoms with Crippen molar-refractivity contribution in [3.8, 4) is 27.9 Å². The van der Waals surface area contributed by atoms with Gasteiger partial charge in [0.2, 0.25) is 0 Å². The fourth-order valence-electron chi connectivity index (χ4n) is 14.2. The Labute approximate surface area is 354 Å². The molecule has 7 aromatic carbocycles. The summed E-state index contributed by atoms with van der Waals surface area (Å²) in [5.74, 6) is 2.20. The number of benzene rings is 7. The molecule has 4 unspecified atom stereocenters. The third kappa shape index (κ3) is 4.66. The Morgan fingerprint density at radius 2 is 1.13 bits per heavy atom. The van der Waals surface area contributed by atoms with Gasteiger partial charge in [-0.3, -0.25) is 0 Å². The lowest BCUT2D eigenvalue weighted by atomic mass is 9.50. The van der Waals surface area contributed by atoms with E-state index in [-0.39, 0.29) is 10.8 Å². The second kappa shape index (κ2) is 13.1. The van der Waals surface area contributed by atoms with Crippen LogP contribution in [0.4, 0.5) is 17.1 Å². The Hall–Kier alpha value is -5.86. The lowest BCUT2D eigenvalue weighted by molar-refractivity contribution is 0.0557. The van der Waals surface area contributed by atoms with Gasteiger partial charge in [-0.05, 0) is 155 Å². The average molecular weight is 777 g/mol. The molecule has 0 radical (unpaired) electrons. The summed E-state index contributed by atoms with van der Waals surface area (Å²) >= 11 is 0. The SMILES string of the molecule is CCC1CC2CCCC(C2)C12c1ccccc1-c1ccc(N(c3ccc4c(c3)C3(CCCC3)c3ccccc3-4)c3ccc4c(c3)c3ccccc3n4-c3ccccc3)cc12. The number of anilines is 3. The fourth-order valence-corrected chi connectivity index (χ4v) is 14.2. The van der Waals surface area contributed by atoms with Crippen molar-refractivity contribution in [2.75, 3.05) is 4.90 Å². The van der Waals surface area contributed by atoms with Crippen LogP contribution in [0.15, 0.2) is 158 Å². The first-order chi connectivity index (χ1) is 29.7. The molecule has 0 aliphatic heterocycles. The molecule has 3 saturated carbocycles. The van der Waals surface area contributed by atoms with Crippen LogP contribution < -0.4 is 4.90 Å². The first-order valence-electron chi connectivity index (χ1n) is 23.0. The summed E-state index contributed by atoms with van der Waals surface area (Å²) in [7, 11) is 0. The summed E-state index contributed by atoms with van der Waals surface area (Å²) in [6.45, 7) is 2.48. The predicted octanol–water partition coefficient (Wildman–Crippen LogP) is 15.6. The molecule has 60 heavy (non-hydrogen) atoms. The molecular formula is C58H52N2. The number of nitrogens with zero attached hydrogens (tertiary/aromatic N) is 2. The van der Waals surface area contributed by atoms with Gasteiger partial charge in [0, 0.05) is 44.4 Å². The van der Waals surface area contributed by atoms with E-state index in [9.17, 15) is 0 Å². The summed E-state index contributed by atoms with van der Waals surface area (Å²) in [5.41, 5.74) is 19.7. The first kappa shape index (κ1) is 34.9. The largest absolute Gasteiger partial charge is 0.310 e. The molecule has 1 heterocycles. The van der Waals surface area contributed by atoms with E-state index in [0.717, 1.165) is 5.92 Å². The quantitative estimate of drug-likeness (QED) is 0.169. The molecule has 2 heteroatoms. The molecule has 0 N–H and O–H groups in total. The van der Waals surface area contributed by atoms with Gasteiger partial charge in [0.15, 0.2) is 0 Å². The Morgan fingerprint density at radius 1 is 0.517 bits per heavy atom. The van der Waals surface area contributed by atoms with Crippen LogP contribution in [-0.4, -0.2) is 4.57 Å². The molecular weight excluding hydrogens is 725 g/mol. The summed E-state index contributed by atoms with van der Waals surface area (Å²) in [5, 5.41) is 2.57. The number of aromatic nitrogens is 1. The Morgan fingerprint density at radius 3 is 1.93 bits per heavy atom. The minimum absolute atomic E-state index is 0.0554. The fraction of sp³-hybridized carbons (Fsp3) is 0.276. The van der Waals surface area contributed by atoms with Crippen molar-refractivity contribution in [3.05, 3.63) is 180 Å². The summed E-state index contributed by atoms with van der Waals surface area (Å²) in [6.07, 6.45) is 13.1. The van der Waals surface area contributed by atoms with Gasteiger partial charge in [0.05, 0.1) is 11.0 Å². The van der Waals surface area contributed by atoms with Crippen LogP contribution in [0.25, 0.3) is 49.7 Å². The molecule has 5 aliphatic rings. The third-order valence-corrected chi connectivity index (χ3v) is 16.4. The van der Waals surface area contributed by atoms with Crippen LogP contribution in [0.2, 0.25) is 0 Å². The van der Waals surface area contributed by atoms with Crippen molar-refractivity contribution in [3.63, 3.8) is 0 Å². The number of hydrogen-bond donors (Lipinski definition) is 0. The number of hydrogen-bond acceptors (Lipinski definition) is 1. The van der Waals surface area contributed by atoms with E-state index in [1.807, 2.05) is 0 Å². The third-order valence-electron chi connectivity index (χ3n) is 16.4. The van der Waals surface area contributed by atoms with E-state index in [1.54, 1.807) is 16.7 Å². The minimum atomic E-state index is 0.0554. The molecule has 2 nitrogen and oxygen atoms in total. The second-order valence-electron chi connectivity index (χ2n) is 19.0. The van der Waals surface area contributed by atoms with E-state index >= 15 is 0 Å². The molecule has 8 aromatic rings. The highest BCUT2D eigenvalue weighted by molar-refractivity contribution is 6.10. The van der Waals surface area contributed by atoms with Gasteiger partial charge in [-0.2, -0.15) is 0 Å². The van der Waals surface area contributed by atoms with E-state index in [1.165, 1.54) is 137 Å². The van der Waals surface area contributed by atoms with Crippen LogP contribution in [0.5, 0.6) is 0 Å². The van der Waals surface area contributed by atoms with Gasteiger partial charge in [0.25, 0.3) is 0 Å². The zero-order valence-corrected chi connectivity index (χ0v) is 34.7. The van der Waals surface area contributed by atoms with Crippen molar-refractivity contribution >= 4 is 38.9 Å². The monoisotopic (exact) mass is 776 g/mol. The van der Waals surface area contributed by atoms with Crippen LogP contribution in [-0.2, 0) is 10.8 Å². The van der Waals surface area contributed by atoms with Gasteiger partial charge in [-0.25, -0.2) is 0 Å². The van der Waals surface area contributed by atoms with Crippen molar-refractivity contribution in [1.29, 1.82) is 0 Å². The maximum absolute atomic E-state index is 2.68. The van der Waals surface area contributed by atoms with E-state index in [4.69, 9.17) is 0 Å². The Balaban J connectivity index is 1.06. The van der Waals surface area contributed by atoms with Gasteiger partial charge < -0.3 is 9.47 Å². The second-order valence-corrected chi connectivity index (χ2v) is 19.0. The van der Waals surface area contributed by atoms with E-state index < -0.39 is 0 Å². The highest BCUT2D eigenvalue weighted by Crippen LogP contribution is 2.65. The maximum Gasteiger partial charge on any atom is 0.0542 e. The summed E-state index contributed by atoms with van der Waals surface area (Å²) in [6, 6.07) is 61.1. The lowest BCUT2D eigenvalue weighted by Crippen LogP contribution is -2.48. The zero-order valence-electron chi connectivity index (χ0n) is 34.7. The molecule has 0 saturated heterocycles. The highest BCUT2D eigenvalue weighted by Gasteiger charge is 2.56. The Kier molecular flexibility index (Phi) is 7.61. The molecule has 5 aliphatic carbocycles. The average Bonchev–Trinajstić information content (AvgIpc) is 4.06. The van der Waals surface area contributed by atoms with Crippen molar-refractivity contribution in [2.24, 2.45) is 17.8 Å². The predicted molar refractivity (Wildman–Crippen MR) is 250 cm³/mol. The van der Waals surface area contributed by atoms with Crippen LogP contribution in [0, 0.1) is 17.8 Å². The normalized spacial score (nSPS) is 22.9. The van der Waals surface area contributed by atoms with E-state index in [2.05, 4.69) is 174 Å². The molecule has 1 aromatic heterocycles. The van der Waals surface area contributed by atoms with Crippen molar-refractivity contribution in [2.45, 2.75) is 82.0 Å². The van der Waals surface area contributed by atoms with Gasteiger partial charge in [-0.1, -0.05) is 136 Å². The lowest BCUT2D eigenvalue weighted by Gasteiger charge is -2.54. The van der Waals surface area contributed by atoms with E-state index in [0.29, 0.717) is 11.8 Å². The standard InChI is InChI=1S/C58H52N2/c1-2-39-33-38-15-14-16-40(34-38)58(39)52-23-10-7-20-46(52)48-29-26-44(37-54(48)58)59(43-25-28-47-45-19-6-9-22-51(45)57(53(47)36-43)31-12-13-32-57)42-27-30-56-50(35-42)49-21-8-11-24-55(49)60(56)41-17-4-3-5-18-41/h3-11,17-30,35-40H,2,12-16,31-34H2,1H3. The Bertz CT molecular complexity index is 2990. The van der Waals surface area contributed by atoms with Crippen molar-refractivity contribution < 1.29 is 0 Å². The number of fused-ring (bicyclic) bond motifs is 16. The molecule has 294 valence electrons. The summed E-state index contributed by atoms with van der Waals surface area (Å²) < 4.78 is 2.44. The van der Waals surface area contributed by atoms with Gasteiger partial charge in [-0.15, -0.1) is 0 Å². The summed E-state index contributed by atoms with van der Waals surface area (Å²) in [4.78, 5) is 2.63. The van der Waals surface area contributed by atoms with Gasteiger partial charge in [0.1, 0.15) is 0 Å². The van der Waals surface area contributed by atoms with Crippen LogP contribution >= 0.6 is 0 Å². The van der Waals surface area contributed by atoms with Crippen molar-refractivity contribution in [1.82, 2.24) is 4.57 Å². The first-order valence-corrected chi connectivity index (χ1v) is 23.0. The molecule has 0 amide bonds. The molecule has 3 fully saturated rings. The zero-order chi connectivity index (χ0) is 39.6. The smallest absolute Gasteiger partial charge is 0.0542 e. The van der Waals surface area contributed by atoms with Gasteiger partial charge >= 0.3 is 0 Å². The molecule has 2 bridgehead atoms. The molecule has 2 spiro atoms. The minimum Gasteiger partial charge on any atom is -0.310 e. The number of rotatable bonds is 5. The topological polar surface area (TPSA) is 8.17 Å². The molecule has 13 rings (SSSR count). The maximum atomic E-state index is 2.68. The number of para-hydroxylation sites is 2.